The summed E-state index contributed by atoms with van der Waals surface area (Å²) in [6.07, 6.45) is -3.09. The second-order valence-corrected chi connectivity index (χ2v) is 4.28. The normalized spacial score (nSPS) is 17.5. The van der Waals surface area contributed by atoms with Crippen molar-refractivity contribution < 1.29 is 27.2 Å². The average molecular weight is 278 g/mol. The van der Waals surface area contributed by atoms with Crippen molar-refractivity contribution in [1.29, 1.82) is 0 Å². The molecule has 0 radical (unpaired) electrons. The number of aryl methyl sites for hydroxylation is 1. The number of rotatable bonds is 2. The fraction of sp³-hybridized carbons (Fsp3) is 0.636. The van der Waals surface area contributed by atoms with E-state index in [0.717, 1.165) is 11.1 Å². The van der Waals surface area contributed by atoms with Crippen LogP contribution in [0.2, 0.25) is 0 Å². The fourth-order valence-electron chi connectivity index (χ4n) is 2.08. The summed E-state index contributed by atoms with van der Waals surface area (Å²) in [5.41, 5.74) is 0.0641. The van der Waals surface area contributed by atoms with E-state index in [-0.39, 0.29) is 11.4 Å². The lowest BCUT2D eigenvalue weighted by Gasteiger charge is -2.33. The highest BCUT2D eigenvalue weighted by Crippen LogP contribution is 2.30. The van der Waals surface area contributed by atoms with E-state index in [2.05, 4.69) is 5.16 Å². The Morgan fingerprint density at radius 2 is 2.05 bits per heavy atom. The molecule has 0 N–H and O–H groups in total. The third kappa shape index (κ3) is 2.89. The Bertz CT molecular complexity index is 452. The summed E-state index contributed by atoms with van der Waals surface area (Å²) >= 11 is 0. The van der Waals surface area contributed by atoms with Crippen molar-refractivity contribution in [3.05, 3.63) is 12.0 Å². The molecule has 2 heterocycles. The van der Waals surface area contributed by atoms with Crippen molar-refractivity contribution in [2.24, 2.45) is 0 Å². The monoisotopic (exact) mass is 278 g/mol. The van der Waals surface area contributed by atoms with Gasteiger partial charge >= 0.3 is 12.1 Å². The summed E-state index contributed by atoms with van der Waals surface area (Å²) in [7, 11) is 0. The maximum absolute atomic E-state index is 12.7. The highest BCUT2D eigenvalue weighted by molar-refractivity contribution is 5.98. The zero-order valence-electron chi connectivity index (χ0n) is 10.2. The number of ether oxygens (including phenoxy) is 1. The zero-order valence-corrected chi connectivity index (χ0v) is 10.2. The number of amides is 1. The number of halogens is 3. The summed E-state index contributed by atoms with van der Waals surface area (Å²) in [6.45, 7) is 2.13. The van der Waals surface area contributed by atoms with Gasteiger partial charge in [0, 0.05) is 19.3 Å². The molecule has 8 heteroatoms. The van der Waals surface area contributed by atoms with Crippen LogP contribution in [0.1, 0.15) is 18.6 Å². The number of alkyl halides is 3. The van der Waals surface area contributed by atoms with Gasteiger partial charge in [-0.15, -0.1) is 0 Å². The number of nitrogens with zero attached hydrogens (tertiary/aromatic N) is 2. The summed E-state index contributed by atoms with van der Waals surface area (Å²) < 4.78 is 48.0. The van der Waals surface area contributed by atoms with Crippen LogP contribution in [0.4, 0.5) is 18.9 Å². The van der Waals surface area contributed by atoms with Crippen LogP contribution in [-0.4, -0.2) is 36.5 Å². The van der Waals surface area contributed by atoms with Crippen molar-refractivity contribution in [1.82, 2.24) is 5.16 Å². The second kappa shape index (κ2) is 5.20. The molecule has 1 aliphatic rings. The minimum absolute atomic E-state index is 0.0641. The molecule has 0 bridgehead atoms. The molecule has 1 aliphatic heterocycles. The molecule has 2 rings (SSSR count). The highest BCUT2D eigenvalue weighted by Gasteiger charge is 2.46. The molecule has 106 valence electrons. The molecule has 0 atom stereocenters. The molecule has 1 amide bonds. The first-order valence-electron chi connectivity index (χ1n) is 5.80. The molecular weight excluding hydrogens is 265 g/mol. The van der Waals surface area contributed by atoms with Crippen LogP contribution < -0.4 is 4.90 Å². The first-order chi connectivity index (χ1) is 8.91. The van der Waals surface area contributed by atoms with Crippen molar-refractivity contribution in [2.75, 3.05) is 18.1 Å². The van der Waals surface area contributed by atoms with E-state index in [1.807, 2.05) is 0 Å². The molecular formula is C11H13F3N2O3. The predicted octanol–water partition coefficient (Wildman–Crippen LogP) is 2.06. The Kier molecular flexibility index (Phi) is 3.79. The van der Waals surface area contributed by atoms with E-state index < -0.39 is 18.1 Å². The van der Waals surface area contributed by atoms with Crippen LogP contribution in [0.3, 0.4) is 0 Å². The summed E-state index contributed by atoms with van der Waals surface area (Å²) in [6, 6.07) is -0.555. The lowest BCUT2D eigenvalue weighted by molar-refractivity contribution is -0.171. The Morgan fingerprint density at radius 3 is 2.53 bits per heavy atom. The lowest BCUT2D eigenvalue weighted by atomic mass is 10.1. The highest BCUT2D eigenvalue weighted by atomic mass is 19.4. The average Bonchev–Trinajstić information content (AvgIpc) is 2.76. The van der Waals surface area contributed by atoms with Crippen molar-refractivity contribution in [2.45, 2.75) is 32.0 Å². The van der Waals surface area contributed by atoms with Gasteiger partial charge in [-0.25, -0.2) is 0 Å². The van der Waals surface area contributed by atoms with E-state index in [1.165, 1.54) is 6.92 Å². The molecule has 0 unspecified atom stereocenters. The smallest absolute Gasteiger partial charge is 0.381 e. The van der Waals surface area contributed by atoms with Crippen LogP contribution in [0.5, 0.6) is 0 Å². The van der Waals surface area contributed by atoms with E-state index >= 15 is 0 Å². The minimum Gasteiger partial charge on any atom is -0.381 e. The standard InChI is InChI=1S/C11H13F3N2O3/c1-7-9(6-15-19-7)16(10(17)11(12,13)14)8-2-4-18-5-3-8/h6,8H,2-5H2,1H3. The van der Waals surface area contributed by atoms with Crippen molar-refractivity contribution >= 4 is 11.6 Å². The molecule has 0 aromatic carbocycles. The molecule has 19 heavy (non-hydrogen) atoms. The molecule has 0 saturated carbocycles. The Morgan fingerprint density at radius 1 is 1.42 bits per heavy atom. The Hall–Kier alpha value is -1.57. The van der Waals surface area contributed by atoms with Crippen molar-refractivity contribution in [3.8, 4) is 0 Å². The summed E-state index contributed by atoms with van der Waals surface area (Å²) in [4.78, 5) is 12.3. The molecule has 1 fully saturated rings. The first kappa shape index (κ1) is 13.9. The molecule has 0 aliphatic carbocycles. The number of hydrogen-bond acceptors (Lipinski definition) is 4. The number of carbonyl (C=O) groups is 1. The van der Waals surface area contributed by atoms with Gasteiger partial charge in [-0.05, 0) is 19.8 Å². The number of aromatic nitrogens is 1. The van der Waals surface area contributed by atoms with Gasteiger partial charge in [0.15, 0.2) is 5.76 Å². The van der Waals surface area contributed by atoms with Gasteiger partial charge in [-0.3, -0.25) is 9.69 Å². The quantitative estimate of drug-likeness (QED) is 0.831. The van der Waals surface area contributed by atoms with Crippen LogP contribution in [-0.2, 0) is 9.53 Å². The Labute approximate surface area is 107 Å². The SMILES string of the molecule is Cc1oncc1N(C(=O)C(F)(F)F)C1CCOCC1. The van der Waals surface area contributed by atoms with E-state index in [0.29, 0.717) is 26.1 Å². The largest absolute Gasteiger partial charge is 0.471 e. The van der Waals surface area contributed by atoms with Crippen LogP contribution in [0.15, 0.2) is 10.7 Å². The minimum atomic E-state index is -4.93. The maximum Gasteiger partial charge on any atom is 0.471 e. The van der Waals surface area contributed by atoms with Crippen LogP contribution in [0.25, 0.3) is 0 Å². The molecule has 1 aromatic heterocycles. The molecule has 0 spiro atoms. The van der Waals surface area contributed by atoms with Gasteiger partial charge in [0.1, 0.15) is 5.69 Å². The van der Waals surface area contributed by atoms with Crippen molar-refractivity contribution in [3.63, 3.8) is 0 Å². The third-order valence-corrected chi connectivity index (χ3v) is 3.00. The third-order valence-electron chi connectivity index (χ3n) is 3.00. The van der Waals surface area contributed by atoms with Gasteiger partial charge in [-0.1, -0.05) is 5.16 Å². The van der Waals surface area contributed by atoms with Gasteiger partial charge in [-0.2, -0.15) is 13.2 Å². The molecule has 1 aromatic rings. The van der Waals surface area contributed by atoms with Crippen LogP contribution in [0, 0.1) is 6.92 Å². The number of anilines is 1. The van der Waals surface area contributed by atoms with Gasteiger partial charge in [0.2, 0.25) is 0 Å². The molecule has 1 saturated heterocycles. The number of carbonyl (C=O) groups excluding carboxylic acids is 1. The number of hydrogen-bond donors (Lipinski definition) is 0. The first-order valence-corrected chi connectivity index (χ1v) is 5.80. The van der Waals surface area contributed by atoms with Gasteiger partial charge in [0.05, 0.1) is 6.20 Å². The van der Waals surface area contributed by atoms with Crippen LogP contribution >= 0.6 is 0 Å². The summed E-state index contributed by atoms with van der Waals surface area (Å²) in [5.74, 6) is -1.71. The van der Waals surface area contributed by atoms with E-state index in [9.17, 15) is 18.0 Å². The topological polar surface area (TPSA) is 55.6 Å². The molecule has 5 nitrogen and oxygen atoms in total. The zero-order chi connectivity index (χ0) is 14.0. The summed E-state index contributed by atoms with van der Waals surface area (Å²) in [5, 5.41) is 3.43. The second-order valence-electron chi connectivity index (χ2n) is 4.28. The lowest BCUT2D eigenvalue weighted by Crippen LogP contribution is -2.49. The van der Waals surface area contributed by atoms with Gasteiger partial charge < -0.3 is 9.26 Å². The van der Waals surface area contributed by atoms with E-state index in [1.54, 1.807) is 0 Å². The van der Waals surface area contributed by atoms with E-state index in [4.69, 9.17) is 9.26 Å². The van der Waals surface area contributed by atoms with Gasteiger partial charge in [0.25, 0.3) is 0 Å². The Balaban J connectivity index is 2.33. The maximum atomic E-state index is 12.7. The fourth-order valence-corrected chi connectivity index (χ4v) is 2.08. The predicted molar refractivity (Wildman–Crippen MR) is 58.6 cm³/mol.